The van der Waals surface area contributed by atoms with Gasteiger partial charge in [-0.15, -0.1) is 0 Å². The van der Waals surface area contributed by atoms with Crippen molar-refractivity contribution in [3.05, 3.63) is 42.2 Å². The molecule has 0 amide bonds. The summed E-state index contributed by atoms with van der Waals surface area (Å²) in [4.78, 5) is 5.08. The summed E-state index contributed by atoms with van der Waals surface area (Å²) in [5.74, 6) is 1.62. The number of hydrogen-bond acceptors (Lipinski definition) is 3. The molecular weight excluding hydrogens is 238 g/mol. The summed E-state index contributed by atoms with van der Waals surface area (Å²) in [7, 11) is 1.72. The maximum absolute atomic E-state index is 5.59. The summed E-state index contributed by atoms with van der Waals surface area (Å²) in [5.41, 5.74) is 3.77. The summed E-state index contributed by atoms with van der Waals surface area (Å²) in [6, 6.07) is 8.03. The van der Waals surface area contributed by atoms with Crippen LogP contribution in [0.2, 0.25) is 0 Å². The number of hydrogen-bond donors (Lipinski definition) is 1. The highest BCUT2D eigenvalue weighted by Crippen LogP contribution is 2.14. The van der Waals surface area contributed by atoms with Gasteiger partial charge in [0, 0.05) is 13.5 Å². The fourth-order valence-electron chi connectivity index (χ4n) is 1.45. The molecule has 1 rings (SSSR count). The lowest BCUT2D eigenvalue weighted by atomic mass is 10.1. The van der Waals surface area contributed by atoms with Crippen LogP contribution >= 0.6 is 0 Å². The van der Waals surface area contributed by atoms with Gasteiger partial charge in [-0.1, -0.05) is 45.9 Å². The molecule has 0 atom stereocenters. The monoisotopic (exact) mass is 265 g/mol. The van der Waals surface area contributed by atoms with Crippen LogP contribution in [0.25, 0.3) is 0 Å². The normalized spacial score (nSPS) is 9.26. The van der Waals surface area contributed by atoms with E-state index in [-0.39, 0.29) is 0 Å². The van der Waals surface area contributed by atoms with Crippen LogP contribution in [-0.4, -0.2) is 13.7 Å². The third kappa shape index (κ3) is 8.27. The molecule has 3 heteroatoms. The van der Waals surface area contributed by atoms with Gasteiger partial charge in [-0.3, -0.25) is 0 Å². The van der Waals surface area contributed by atoms with E-state index in [0.717, 1.165) is 30.8 Å². The maximum atomic E-state index is 5.59. The Kier molecular flexibility index (Phi) is 10.7. The van der Waals surface area contributed by atoms with Crippen LogP contribution in [-0.2, 0) is 11.3 Å². The molecule has 0 saturated carbocycles. The topological polar surface area (TPSA) is 30.5 Å². The van der Waals surface area contributed by atoms with E-state index < -0.39 is 0 Å². The highest BCUT2D eigenvalue weighted by Gasteiger charge is 1.99. The minimum absolute atomic E-state index is 0.701. The molecule has 0 aliphatic rings. The molecule has 19 heavy (non-hydrogen) atoms. The number of benzene rings is 1. The molecule has 0 radical (unpaired) electrons. The highest BCUT2D eigenvalue weighted by atomic mass is 16.6. The molecule has 0 spiro atoms. The Morgan fingerprint density at radius 3 is 2.37 bits per heavy atom. The van der Waals surface area contributed by atoms with E-state index in [1.54, 1.807) is 7.05 Å². The van der Waals surface area contributed by atoms with Crippen molar-refractivity contribution in [3.63, 3.8) is 0 Å². The second kappa shape index (κ2) is 11.6. The molecule has 0 heterocycles. The molecule has 1 aromatic carbocycles. The Balaban J connectivity index is 0.00000154. The van der Waals surface area contributed by atoms with E-state index >= 15 is 0 Å². The Hall–Kier alpha value is -1.48. The van der Waals surface area contributed by atoms with Crippen molar-refractivity contribution < 1.29 is 9.57 Å². The molecule has 0 saturated heterocycles. The van der Waals surface area contributed by atoms with Gasteiger partial charge >= 0.3 is 0 Å². The van der Waals surface area contributed by atoms with E-state index in [1.165, 1.54) is 0 Å². The van der Waals surface area contributed by atoms with Crippen LogP contribution in [0, 0.1) is 0 Å². The van der Waals surface area contributed by atoms with E-state index in [2.05, 4.69) is 19.0 Å². The summed E-state index contributed by atoms with van der Waals surface area (Å²) >= 11 is 0. The SMILES string of the molecule is C=C(Cc1ccc(OCCCC)cc1)ONC.CC. The fraction of sp³-hybridized carbons (Fsp3) is 0.500. The Labute approximate surface area is 117 Å². The van der Waals surface area contributed by atoms with Gasteiger partial charge in [0.2, 0.25) is 0 Å². The van der Waals surface area contributed by atoms with Gasteiger partial charge in [-0.25, -0.2) is 0 Å². The minimum Gasteiger partial charge on any atom is -0.494 e. The van der Waals surface area contributed by atoms with Gasteiger partial charge in [0.05, 0.1) is 6.61 Å². The molecular formula is C16H27NO2. The largest absolute Gasteiger partial charge is 0.494 e. The lowest BCUT2D eigenvalue weighted by Gasteiger charge is -2.08. The second-order valence-corrected chi connectivity index (χ2v) is 3.87. The molecule has 0 aliphatic heterocycles. The third-order valence-corrected chi connectivity index (χ3v) is 2.34. The van der Waals surface area contributed by atoms with Crippen LogP contribution in [0.4, 0.5) is 0 Å². The zero-order valence-corrected chi connectivity index (χ0v) is 12.7. The molecule has 0 fully saturated rings. The summed E-state index contributed by atoms with van der Waals surface area (Å²) in [6.45, 7) is 10.7. The number of nitrogens with one attached hydrogen (secondary N) is 1. The Bertz CT molecular complexity index is 333. The molecule has 0 bridgehead atoms. The summed E-state index contributed by atoms with van der Waals surface area (Å²) in [5, 5.41) is 0. The zero-order valence-electron chi connectivity index (χ0n) is 12.7. The van der Waals surface area contributed by atoms with Crippen molar-refractivity contribution in [3.8, 4) is 5.75 Å². The predicted molar refractivity (Wildman–Crippen MR) is 81.2 cm³/mol. The Morgan fingerprint density at radius 1 is 1.21 bits per heavy atom. The average molecular weight is 265 g/mol. The zero-order chi connectivity index (χ0) is 14.5. The molecule has 108 valence electrons. The lowest BCUT2D eigenvalue weighted by Crippen LogP contribution is -2.07. The Morgan fingerprint density at radius 2 is 1.84 bits per heavy atom. The van der Waals surface area contributed by atoms with E-state index in [4.69, 9.17) is 9.57 Å². The minimum atomic E-state index is 0.701. The van der Waals surface area contributed by atoms with Gasteiger partial charge in [0.25, 0.3) is 0 Å². The average Bonchev–Trinajstić information content (AvgIpc) is 2.43. The van der Waals surface area contributed by atoms with Gasteiger partial charge in [-0.05, 0) is 24.1 Å². The first-order valence-corrected chi connectivity index (χ1v) is 6.99. The van der Waals surface area contributed by atoms with Crippen molar-refractivity contribution in [1.29, 1.82) is 0 Å². The molecule has 0 aliphatic carbocycles. The molecule has 1 N–H and O–H groups in total. The predicted octanol–water partition coefficient (Wildman–Crippen LogP) is 4.10. The van der Waals surface area contributed by atoms with Crippen LogP contribution in [0.1, 0.15) is 39.2 Å². The maximum Gasteiger partial charge on any atom is 0.121 e. The first kappa shape index (κ1) is 17.5. The quantitative estimate of drug-likeness (QED) is 0.436. The standard InChI is InChI=1S/C14H21NO2.C2H6/c1-4-5-10-16-14-8-6-13(7-9-14)11-12(2)17-15-3;1-2/h6-9,15H,2,4-5,10-11H2,1,3H3;1-2H3. The molecule has 3 nitrogen and oxygen atoms in total. The number of ether oxygens (including phenoxy) is 1. The van der Waals surface area contributed by atoms with E-state index in [0.29, 0.717) is 12.2 Å². The molecule has 1 aromatic rings. The van der Waals surface area contributed by atoms with Crippen LogP contribution in [0.5, 0.6) is 5.75 Å². The number of rotatable bonds is 8. The smallest absolute Gasteiger partial charge is 0.121 e. The van der Waals surface area contributed by atoms with Gasteiger partial charge in [-0.2, -0.15) is 5.48 Å². The molecule has 0 unspecified atom stereocenters. The van der Waals surface area contributed by atoms with E-state index in [9.17, 15) is 0 Å². The van der Waals surface area contributed by atoms with Crippen molar-refractivity contribution in [2.45, 2.75) is 40.0 Å². The highest BCUT2D eigenvalue weighted by molar-refractivity contribution is 5.28. The van der Waals surface area contributed by atoms with E-state index in [1.807, 2.05) is 38.1 Å². The van der Waals surface area contributed by atoms with Crippen LogP contribution in [0.3, 0.4) is 0 Å². The third-order valence-electron chi connectivity index (χ3n) is 2.34. The summed E-state index contributed by atoms with van der Waals surface area (Å²) < 4.78 is 5.59. The number of unbranched alkanes of at least 4 members (excludes halogenated alkanes) is 1. The van der Waals surface area contributed by atoms with Crippen molar-refractivity contribution in [2.24, 2.45) is 0 Å². The lowest BCUT2D eigenvalue weighted by molar-refractivity contribution is 0.123. The van der Waals surface area contributed by atoms with Crippen molar-refractivity contribution >= 4 is 0 Å². The van der Waals surface area contributed by atoms with Gasteiger partial charge < -0.3 is 9.57 Å². The van der Waals surface area contributed by atoms with Gasteiger partial charge in [0.15, 0.2) is 0 Å². The van der Waals surface area contributed by atoms with Crippen molar-refractivity contribution in [1.82, 2.24) is 5.48 Å². The molecule has 0 aromatic heterocycles. The number of allylic oxidation sites excluding steroid dienone is 1. The first-order chi connectivity index (χ1) is 9.26. The van der Waals surface area contributed by atoms with Crippen LogP contribution in [0.15, 0.2) is 36.6 Å². The fourth-order valence-corrected chi connectivity index (χ4v) is 1.45. The van der Waals surface area contributed by atoms with Crippen molar-refractivity contribution in [2.75, 3.05) is 13.7 Å². The second-order valence-electron chi connectivity index (χ2n) is 3.87. The summed E-state index contributed by atoms with van der Waals surface area (Å²) in [6.07, 6.45) is 2.95. The number of hydroxylamine groups is 1. The first-order valence-electron chi connectivity index (χ1n) is 6.99. The van der Waals surface area contributed by atoms with Gasteiger partial charge in [0.1, 0.15) is 11.5 Å². The van der Waals surface area contributed by atoms with Crippen LogP contribution < -0.4 is 10.2 Å².